The van der Waals surface area contributed by atoms with Gasteiger partial charge in [-0.15, -0.1) is 0 Å². The number of anilines is 1. The van der Waals surface area contributed by atoms with E-state index in [1.807, 2.05) is 9.96 Å². The van der Waals surface area contributed by atoms with Gasteiger partial charge in [-0.05, 0) is 55.9 Å². The molecule has 1 aromatic carbocycles. The Kier molecular flexibility index (Phi) is 7.71. The molecule has 166 valence electrons. The van der Waals surface area contributed by atoms with E-state index in [4.69, 9.17) is 4.84 Å². The molecule has 1 atom stereocenters. The van der Waals surface area contributed by atoms with Crippen molar-refractivity contribution >= 4 is 17.5 Å². The van der Waals surface area contributed by atoms with E-state index in [1.54, 1.807) is 0 Å². The summed E-state index contributed by atoms with van der Waals surface area (Å²) < 4.78 is 37.8. The van der Waals surface area contributed by atoms with Crippen molar-refractivity contribution in [2.45, 2.75) is 44.7 Å². The number of alkyl halides is 3. The Morgan fingerprint density at radius 2 is 1.87 bits per heavy atom. The van der Waals surface area contributed by atoms with Gasteiger partial charge in [0.05, 0.1) is 12.2 Å². The predicted octanol–water partition coefficient (Wildman–Crippen LogP) is 3.69. The van der Waals surface area contributed by atoms with Crippen LogP contribution in [0.2, 0.25) is 0 Å². The molecule has 1 aromatic rings. The summed E-state index contributed by atoms with van der Waals surface area (Å²) in [6, 6.07) is 4.42. The maximum atomic E-state index is 12.6. The number of hydrogen-bond donors (Lipinski definition) is 1. The lowest BCUT2D eigenvalue weighted by Crippen LogP contribution is -2.41. The van der Waals surface area contributed by atoms with Crippen LogP contribution in [0, 0.1) is 5.92 Å². The van der Waals surface area contributed by atoms with Gasteiger partial charge in [-0.3, -0.25) is 14.4 Å². The quantitative estimate of drug-likeness (QED) is 0.721. The van der Waals surface area contributed by atoms with Crippen LogP contribution in [0.25, 0.3) is 0 Å². The number of halogens is 3. The fourth-order valence-electron chi connectivity index (χ4n) is 3.88. The molecule has 2 fully saturated rings. The van der Waals surface area contributed by atoms with Gasteiger partial charge in [0.25, 0.3) is 0 Å². The number of piperidine rings is 1. The van der Waals surface area contributed by atoms with Crippen molar-refractivity contribution in [3.8, 4) is 0 Å². The molecule has 2 aliphatic heterocycles. The van der Waals surface area contributed by atoms with Crippen LogP contribution in [-0.4, -0.2) is 54.6 Å². The first kappa shape index (κ1) is 22.6. The highest BCUT2D eigenvalue weighted by atomic mass is 19.4. The Morgan fingerprint density at radius 1 is 1.10 bits per heavy atom. The van der Waals surface area contributed by atoms with Crippen LogP contribution in [0.5, 0.6) is 0 Å². The Labute approximate surface area is 174 Å². The highest BCUT2D eigenvalue weighted by molar-refractivity contribution is 5.90. The van der Waals surface area contributed by atoms with Crippen molar-refractivity contribution in [2.24, 2.45) is 5.92 Å². The molecule has 0 saturated carbocycles. The smallest absolute Gasteiger partial charge is 0.342 e. The Hall–Kier alpha value is -2.13. The van der Waals surface area contributed by atoms with Gasteiger partial charge < -0.3 is 10.2 Å². The summed E-state index contributed by atoms with van der Waals surface area (Å²) >= 11 is 0. The number of benzene rings is 1. The minimum absolute atomic E-state index is 0.115. The standard InChI is InChI=1S/C21H28F3N3O3/c22-21(23,24)17-5-7-18(8-6-17)25-19(28)9-4-16-3-1-11-26(15-16)20(29)10-13-27-12-2-14-30-27/h5-8,16H,1-4,9-15H2,(H,25,28). The lowest BCUT2D eigenvalue weighted by atomic mass is 9.93. The molecule has 2 saturated heterocycles. The second-order valence-electron chi connectivity index (χ2n) is 7.88. The van der Waals surface area contributed by atoms with Crippen LogP contribution in [-0.2, 0) is 20.6 Å². The Balaban J connectivity index is 1.39. The number of rotatable bonds is 7. The molecule has 2 aliphatic rings. The number of likely N-dealkylation sites (tertiary alicyclic amines) is 1. The number of hydrogen-bond acceptors (Lipinski definition) is 4. The number of nitrogens with one attached hydrogen (secondary N) is 1. The second-order valence-corrected chi connectivity index (χ2v) is 7.88. The molecule has 6 nitrogen and oxygen atoms in total. The highest BCUT2D eigenvalue weighted by Crippen LogP contribution is 2.30. The van der Waals surface area contributed by atoms with E-state index in [9.17, 15) is 22.8 Å². The minimum atomic E-state index is -4.39. The maximum Gasteiger partial charge on any atom is 0.416 e. The van der Waals surface area contributed by atoms with Gasteiger partial charge in [-0.1, -0.05) is 0 Å². The molecule has 2 heterocycles. The summed E-state index contributed by atoms with van der Waals surface area (Å²) in [5, 5.41) is 4.48. The lowest BCUT2D eigenvalue weighted by Gasteiger charge is -2.33. The van der Waals surface area contributed by atoms with Gasteiger partial charge in [0.1, 0.15) is 0 Å². The van der Waals surface area contributed by atoms with Crippen LogP contribution in [0.1, 0.15) is 44.1 Å². The summed E-state index contributed by atoms with van der Waals surface area (Å²) in [5.41, 5.74) is -0.402. The van der Waals surface area contributed by atoms with E-state index in [0.717, 1.165) is 44.5 Å². The summed E-state index contributed by atoms with van der Waals surface area (Å²) in [4.78, 5) is 31.9. The largest absolute Gasteiger partial charge is 0.416 e. The molecule has 1 unspecified atom stereocenters. The third kappa shape index (κ3) is 6.70. The molecule has 1 N–H and O–H groups in total. The summed E-state index contributed by atoms with van der Waals surface area (Å²) in [6.45, 7) is 3.58. The molecular formula is C21H28F3N3O3. The molecule has 9 heteroatoms. The average molecular weight is 427 g/mol. The molecular weight excluding hydrogens is 399 g/mol. The number of nitrogens with zero attached hydrogens (tertiary/aromatic N) is 2. The second kappa shape index (κ2) is 10.3. The lowest BCUT2D eigenvalue weighted by molar-refractivity contribution is -0.140. The van der Waals surface area contributed by atoms with Gasteiger partial charge >= 0.3 is 6.18 Å². The van der Waals surface area contributed by atoms with Crippen LogP contribution in [0.15, 0.2) is 24.3 Å². The fraction of sp³-hybridized carbons (Fsp3) is 0.619. The third-order valence-electron chi connectivity index (χ3n) is 5.55. The topological polar surface area (TPSA) is 61.9 Å². The minimum Gasteiger partial charge on any atom is -0.342 e. The van der Waals surface area contributed by atoms with Crippen molar-refractivity contribution in [2.75, 3.05) is 38.1 Å². The zero-order valence-electron chi connectivity index (χ0n) is 16.9. The Morgan fingerprint density at radius 3 is 2.53 bits per heavy atom. The highest BCUT2D eigenvalue weighted by Gasteiger charge is 2.30. The van der Waals surface area contributed by atoms with Gasteiger partial charge in [-0.2, -0.15) is 18.2 Å². The van der Waals surface area contributed by atoms with Crippen molar-refractivity contribution in [1.82, 2.24) is 9.96 Å². The molecule has 0 bridgehead atoms. The van der Waals surface area contributed by atoms with Gasteiger partial charge in [0, 0.05) is 44.7 Å². The van der Waals surface area contributed by atoms with Crippen LogP contribution < -0.4 is 5.32 Å². The fourth-order valence-corrected chi connectivity index (χ4v) is 3.88. The monoisotopic (exact) mass is 427 g/mol. The zero-order chi connectivity index (χ0) is 21.6. The average Bonchev–Trinajstić information content (AvgIpc) is 3.24. The van der Waals surface area contributed by atoms with E-state index < -0.39 is 11.7 Å². The van der Waals surface area contributed by atoms with Crippen molar-refractivity contribution in [3.05, 3.63) is 29.8 Å². The van der Waals surface area contributed by atoms with Crippen molar-refractivity contribution < 1.29 is 27.6 Å². The normalized spacial score (nSPS) is 20.4. The van der Waals surface area contributed by atoms with E-state index in [2.05, 4.69) is 5.32 Å². The van der Waals surface area contributed by atoms with E-state index in [-0.39, 0.29) is 24.2 Å². The molecule has 30 heavy (non-hydrogen) atoms. The molecule has 0 radical (unpaired) electrons. The van der Waals surface area contributed by atoms with Gasteiger partial charge in [0.2, 0.25) is 11.8 Å². The molecule has 3 rings (SSSR count). The predicted molar refractivity (Wildman–Crippen MR) is 105 cm³/mol. The van der Waals surface area contributed by atoms with Gasteiger partial charge in [0.15, 0.2) is 0 Å². The molecule has 0 aliphatic carbocycles. The molecule has 2 amide bonds. The molecule has 0 aromatic heterocycles. The maximum absolute atomic E-state index is 12.6. The number of carbonyl (C=O) groups is 2. The SMILES string of the molecule is O=C(CCC1CCCN(C(=O)CCN2CCCO2)C1)Nc1ccc(C(F)(F)F)cc1. The van der Waals surface area contributed by atoms with Crippen LogP contribution in [0.3, 0.4) is 0 Å². The van der Waals surface area contributed by atoms with E-state index >= 15 is 0 Å². The third-order valence-corrected chi connectivity index (χ3v) is 5.55. The summed E-state index contributed by atoms with van der Waals surface area (Å²) in [6.07, 6.45) is -0.172. The van der Waals surface area contributed by atoms with E-state index in [1.165, 1.54) is 12.1 Å². The summed E-state index contributed by atoms with van der Waals surface area (Å²) in [7, 11) is 0. The first-order valence-corrected chi connectivity index (χ1v) is 10.4. The first-order chi connectivity index (χ1) is 14.3. The number of amides is 2. The summed E-state index contributed by atoms with van der Waals surface area (Å²) in [5.74, 6) is 0.137. The zero-order valence-corrected chi connectivity index (χ0v) is 16.9. The van der Waals surface area contributed by atoms with Crippen LogP contribution in [0.4, 0.5) is 18.9 Å². The first-order valence-electron chi connectivity index (χ1n) is 10.4. The molecule has 0 spiro atoms. The number of hydroxylamine groups is 2. The van der Waals surface area contributed by atoms with Crippen molar-refractivity contribution in [3.63, 3.8) is 0 Å². The number of carbonyl (C=O) groups excluding carboxylic acids is 2. The van der Waals surface area contributed by atoms with E-state index in [0.29, 0.717) is 38.2 Å². The van der Waals surface area contributed by atoms with Crippen molar-refractivity contribution in [1.29, 1.82) is 0 Å². The Bertz CT molecular complexity index is 718. The van der Waals surface area contributed by atoms with Gasteiger partial charge in [-0.25, -0.2) is 0 Å². The van der Waals surface area contributed by atoms with Crippen LogP contribution >= 0.6 is 0 Å².